The van der Waals surface area contributed by atoms with Gasteiger partial charge in [-0.25, -0.2) is 4.98 Å². The molecule has 0 aliphatic heterocycles. The molecule has 1 aromatic heterocycles. The Morgan fingerprint density at radius 3 is 2.58 bits per heavy atom. The number of halogens is 1. The number of hydrogen-bond donors (Lipinski definition) is 1. The Bertz CT molecular complexity index is 528. The molecule has 0 spiro atoms. The fourth-order valence-electron chi connectivity index (χ4n) is 1.52. The summed E-state index contributed by atoms with van der Waals surface area (Å²) in [6.45, 7) is 3.92. The van der Waals surface area contributed by atoms with Crippen LogP contribution in [0.15, 0.2) is 36.5 Å². The van der Waals surface area contributed by atoms with Crippen LogP contribution in [-0.4, -0.2) is 16.1 Å². The van der Waals surface area contributed by atoms with Crippen LogP contribution in [0, 0.1) is 0 Å². The molecule has 0 aliphatic carbocycles. The molecule has 2 rings (SSSR count). The van der Waals surface area contributed by atoms with E-state index in [9.17, 15) is 0 Å². The van der Waals surface area contributed by atoms with E-state index in [-0.39, 0.29) is 6.10 Å². The summed E-state index contributed by atoms with van der Waals surface area (Å²) in [5, 5.41) is 3.12. The highest BCUT2D eigenvalue weighted by Gasteiger charge is 2.02. The summed E-state index contributed by atoms with van der Waals surface area (Å²) in [4.78, 5) is 8.44. The zero-order valence-corrected chi connectivity index (χ0v) is 11.7. The van der Waals surface area contributed by atoms with Gasteiger partial charge in [0.2, 0.25) is 11.8 Å². The van der Waals surface area contributed by atoms with Gasteiger partial charge < -0.3 is 10.1 Å². The maximum absolute atomic E-state index is 5.75. The highest BCUT2D eigenvalue weighted by Crippen LogP contribution is 2.17. The molecule has 0 saturated heterocycles. The Hall–Kier alpha value is -1.81. The van der Waals surface area contributed by atoms with Crippen molar-refractivity contribution in [3.63, 3.8) is 0 Å². The number of rotatable bonds is 5. The maximum atomic E-state index is 5.75. The minimum absolute atomic E-state index is 0.0887. The Morgan fingerprint density at radius 2 is 1.95 bits per heavy atom. The predicted octanol–water partition coefficient (Wildman–Crippen LogP) is 3.75. The number of aromatic nitrogens is 2. The molecule has 0 radical (unpaired) electrons. The molecule has 0 amide bonds. The molecule has 0 aliphatic rings. The molecule has 100 valence electrons. The van der Waals surface area contributed by atoms with E-state index in [0.717, 1.165) is 11.3 Å². The van der Waals surface area contributed by atoms with E-state index in [1.54, 1.807) is 12.3 Å². The van der Waals surface area contributed by atoms with E-state index in [0.29, 0.717) is 17.7 Å². The quantitative estimate of drug-likeness (QED) is 0.846. The highest BCUT2D eigenvalue weighted by molar-refractivity contribution is 6.17. The molecule has 4 nitrogen and oxygen atoms in total. The lowest BCUT2D eigenvalue weighted by Crippen LogP contribution is -2.08. The minimum atomic E-state index is 0.0887. The third-order valence-electron chi connectivity index (χ3n) is 2.35. The first-order chi connectivity index (χ1) is 9.17. The van der Waals surface area contributed by atoms with Gasteiger partial charge in [0.25, 0.3) is 0 Å². The van der Waals surface area contributed by atoms with E-state index in [2.05, 4.69) is 15.3 Å². The first-order valence-corrected chi connectivity index (χ1v) is 6.62. The normalized spacial score (nSPS) is 10.5. The summed E-state index contributed by atoms with van der Waals surface area (Å²) in [6.07, 6.45) is 1.76. The van der Waals surface area contributed by atoms with E-state index >= 15 is 0 Å². The van der Waals surface area contributed by atoms with Crippen molar-refractivity contribution < 1.29 is 4.74 Å². The number of nitrogens with one attached hydrogen (secondary N) is 1. The van der Waals surface area contributed by atoms with Crippen molar-refractivity contribution in [2.45, 2.75) is 25.8 Å². The molecule has 1 heterocycles. The van der Waals surface area contributed by atoms with Crippen LogP contribution >= 0.6 is 11.6 Å². The number of anilines is 2. The summed E-state index contributed by atoms with van der Waals surface area (Å²) in [5.41, 5.74) is 1.99. The number of hydrogen-bond acceptors (Lipinski definition) is 4. The van der Waals surface area contributed by atoms with E-state index < -0.39 is 0 Å². The van der Waals surface area contributed by atoms with Gasteiger partial charge in [-0.3, -0.25) is 0 Å². The summed E-state index contributed by atoms with van der Waals surface area (Å²) in [7, 11) is 0. The van der Waals surface area contributed by atoms with Gasteiger partial charge in [-0.15, -0.1) is 11.6 Å². The van der Waals surface area contributed by atoms with Gasteiger partial charge in [-0.05, 0) is 31.5 Å². The third kappa shape index (κ3) is 4.10. The average molecular weight is 278 g/mol. The SMILES string of the molecule is CC(C)Oc1ccnc(Nc2ccc(CCl)cc2)n1. The maximum Gasteiger partial charge on any atom is 0.230 e. The first kappa shape index (κ1) is 13.6. The summed E-state index contributed by atoms with van der Waals surface area (Å²) in [5.74, 6) is 1.58. The van der Waals surface area contributed by atoms with Gasteiger partial charge >= 0.3 is 0 Å². The van der Waals surface area contributed by atoms with Crippen molar-refractivity contribution in [1.29, 1.82) is 0 Å². The van der Waals surface area contributed by atoms with Crippen molar-refractivity contribution in [3.05, 3.63) is 42.1 Å². The molecule has 5 heteroatoms. The number of benzene rings is 1. The summed E-state index contributed by atoms with van der Waals surface area (Å²) < 4.78 is 5.52. The van der Waals surface area contributed by atoms with Gasteiger partial charge in [0.1, 0.15) is 0 Å². The Labute approximate surface area is 117 Å². The lowest BCUT2D eigenvalue weighted by molar-refractivity contribution is 0.232. The number of alkyl halides is 1. The van der Waals surface area contributed by atoms with Crippen LogP contribution in [0.2, 0.25) is 0 Å². The molecule has 0 fully saturated rings. The molecule has 0 bridgehead atoms. The number of nitrogens with zero attached hydrogens (tertiary/aromatic N) is 2. The standard InChI is InChI=1S/C14H16ClN3O/c1-10(2)19-13-7-8-16-14(18-13)17-12-5-3-11(9-15)4-6-12/h3-8,10H,9H2,1-2H3,(H,16,17,18). The van der Waals surface area contributed by atoms with Gasteiger partial charge in [-0.2, -0.15) is 4.98 Å². The van der Waals surface area contributed by atoms with Crippen LogP contribution in [0.5, 0.6) is 5.88 Å². The Kier molecular flexibility index (Phi) is 4.58. The van der Waals surface area contributed by atoms with E-state index in [1.807, 2.05) is 38.1 Å². The fraction of sp³-hybridized carbons (Fsp3) is 0.286. The molecule has 0 saturated carbocycles. The van der Waals surface area contributed by atoms with E-state index in [1.165, 1.54) is 0 Å². The Morgan fingerprint density at radius 1 is 1.21 bits per heavy atom. The average Bonchev–Trinajstić information content (AvgIpc) is 2.39. The predicted molar refractivity (Wildman–Crippen MR) is 77.1 cm³/mol. The van der Waals surface area contributed by atoms with Gasteiger partial charge in [0, 0.05) is 23.8 Å². The molecule has 0 atom stereocenters. The van der Waals surface area contributed by atoms with Crippen molar-refractivity contribution >= 4 is 23.2 Å². The smallest absolute Gasteiger partial charge is 0.230 e. The molecular weight excluding hydrogens is 262 g/mol. The lowest BCUT2D eigenvalue weighted by Gasteiger charge is -2.10. The number of ether oxygens (including phenoxy) is 1. The van der Waals surface area contributed by atoms with Crippen LogP contribution < -0.4 is 10.1 Å². The second-order valence-corrected chi connectivity index (χ2v) is 4.61. The molecular formula is C14H16ClN3O. The molecule has 2 aromatic rings. The van der Waals surface area contributed by atoms with Crippen molar-refractivity contribution in [3.8, 4) is 5.88 Å². The van der Waals surface area contributed by atoms with Crippen molar-refractivity contribution in [1.82, 2.24) is 9.97 Å². The molecule has 1 aromatic carbocycles. The lowest BCUT2D eigenvalue weighted by atomic mass is 10.2. The highest BCUT2D eigenvalue weighted by atomic mass is 35.5. The second kappa shape index (κ2) is 6.38. The third-order valence-corrected chi connectivity index (χ3v) is 2.66. The minimum Gasteiger partial charge on any atom is -0.475 e. The van der Waals surface area contributed by atoms with Crippen LogP contribution in [0.4, 0.5) is 11.6 Å². The summed E-state index contributed by atoms with van der Waals surface area (Å²) >= 11 is 5.75. The largest absolute Gasteiger partial charge is 0.475 e. The van der Waals surface area contributed by atoms with Crippen LogP contribution in [0.25, 0.3) is 0 Å². The zero-order valence-electron chi connectivity index (χ0n) is 10.9. The zero-order chi connectivity index (χ0) is 13.7. The molecule has 0 unspecified atom stereocenters. The van der Waals surface area contributed by atoms with Gasteiger partial charge in [-0.1, -0.05) is 12.1 Å². The monoisotopic (exact) mass is 277 g/mol. The van der Waals surface area contributed by atoms with Crippen molar-refractivity contribution in [2.75, 3.05) is 5.32 Å². The fourth-order valence-corrected chi connectivity index (χ4v) is 1.69. The van der Waals surface area contributed by atoms with Gasteiger partial charge in [0.05, 0.1) is 6.10 Å². The van der Waals surface area contributed by atoms with Crippen molar-refractivity contribution in [2.24, 2.45) is 0 Å². The topological polar surface area (TPSA) is 47.0 Å². The van der Waals surface area contributed by atoms with Crippen LogP contribution in [0.1, 0.15) is 19.4 Å². The molecule has 19 heavy (non-hydrogen) atoms. The summed E-state index contributed by atoms with van der Waals surface area (Å²) in [6, 6.07) is 9.55. The van der Waals surface area contributed by atoms with Gasteiger partial charge in [0.15, 0.2) is 0 Å². The van der Waals surface area contributed by atoms with E-state index in [4.69, 9.17) is 16.3 Å². The molecule has 1 N–H and O–H groups in total. The second-order valence-electron chi connectivity index (χ2n) is 4.34. The Balaban J connectivity index is 2.09. The van der Waals surface area contributed by atoms with Crippen LogP contribution in [-0.2, 0) is 5.88 Å². The first-order valence-electron chi connectivity index (χ1n) is 6.09. The van der Waals surface area contributed by atoms with Crippen LogP contribution in [0.3, 0.4) is 0 Å².